The van der Waals surface area contributed by atoms with Gasteiger partial charge in [0.15, 0.2) is 0 Å². The van der Waals surface area contributed by atoms with E-state index in [2.05, 4.69) is 0 Å². The van der Waals surface area contributed by atoms with E-state index < -0.39 is 55.4 Å². The van der Waals surface area contributed by atoms with Crippen LogP contribution < -0.4 is 0 Å². The van der Waals surface area contributed by atoms with E-state index >= 15 is 0 Å². The number of allylic oxidation sites excluding steroid dienone is 6. The van der Waals surface area contributed by atoms with Crippen LogP contribution in [0.5, 0.6) is 0 Å². The van der Waals surface area contributed by atoms with Crippen molar-refractivity contribution in [1.29, 1.82) is 0 Å². The molecule has 0 saturated heterocycles. The van der Waals surface area contributed by atoms with Crippen LogP contribution in [0.25, 0.3) is 0 Å². The molecule has 10 heteroatoms. The fourth-order valence-corrected chi connectivity index (χ4v) is 11.8. The Morgan fingerprint density at radius 2 is 0.893 bits per heavy atom. The minimum atomic E-state index is -4.07. The van der Waals surface area contributed by atoms with Crippen molar-refractivity contribution in [3.63, 3.8) is 0 Å². The average Bonchev–Trinajstić information content (AvgIpc) is 2.75. The molecule has 0 amide bonds. The van der Waals surface area contributed by atoms with E-state index in [1.807, 2.05) is 33.2 Å². The molecule has 0 N–H and O–H groups in total. The van der Waals surface area contributed by atoms with E-state index in [9.17, 15) is 14.4 Å². The van der Waals surface area contributed by atoms with Gasteiger partial charge in [-0.2, -0.15) is 0 Å². The van der Waals surface area contributed by atoms with Crippen LogP contribution in [0.15, 0.2) is 69.6 Å². The van der Waals surface area contributed by atoms with E-state index in [1.54, 1.807) is 36.5 Å². The normalized spacial score (nSPS) is 25.0. The van der Waals surface area contributed by atoms with Gasteiger partial charge in [0.05, 0.1) is 0 Å². The summed E-state index contributed by atoms with van der Waals surface area (Å²) in [6.07, 6.45) is 16.2. The second-order valence-electron chi connectivity index (χ2n) is 5.26. The van der Waals surface area contributed by atoms with E-state index in [0.717, 1.165) is 0 Å². The Morgan fingerprint density at radius 3 is 1.14 bits per heavy atom. The molecule has 3 unspecified atom stereocenters. The van der Waals surface area contributed by atoms with Gasteiger partial charge in [0, 0.05) is 0 Å². The summed E-state index contributed by atoms with van der Waals surface area (Å²) in [4.78, 5) is 42.0. The molecule has 0 radical (unpaired) electrons. The number of carbonyl (C=O) groups excluding carboxylic acids is 3. The van der Waals surface area contributed by atoms with Crippen molar-refractivity contribution in [3.05, 3.63) is 69.6 Å². The maximum absolute atomic E-state index is 12.5. The molecule has 3 heterocycles. The molecule has 0 aromatic carbocycles. The van der Waals surface area contributed by atoms with Crippen LogP contribution >= 0.6 is 0 Å². The molecule has 0 aromatic rings. The summed E-state index contributed by atoms with van der Waals surface area (Å²) in [5.74, 6) is -1.48. The first-order valence-corrected chi connectivity index (χ1v) is 18.2. The average molecular weight is 773 g/mol. The summed E-state index contributed by atoms with van der Waals surface area (Å²) in [6.45, 7) is 0. The fraction of sp³-hybridized carbons (Fsp3) is 0.167. The summed E-state index contributed by atoms with van der Waals surface area (Å²) in [5.41, 5.74) is 0. The molecule has 146 valence electrons. The summed E-state index contributed by atoms with van der Waals surface area (Å²) in [6, 6.07) is 0. The molecule has 0 spiro atoms. The molecule has 0 aromatic heterocycles. The second kappa shape index (κ2) is 11.5. The third kappa shape index (κ3) is 6.67. The third-order valence-corrected chi connectivity index (χ3v) is 13.2. The van der Waals surface area contributed by atoms with Gasteiger partial charge in [-0.3, -0.25) is 0 Å². The van der Waals surface area contributed by atoms with Crippen LogP contribution in [-0.2, 0) is 22.8 Å². The zero-order valence-electron chi connectivity index (χ0n) is 14.3. The topological polar surface area (TPSA) is 78.9 Å². The number of hydrogen-bond acceptors (Lipinski definition) is 6. The van der Waals surface area contributed by atoms with Gasteiger partial charge in [0.1, 0.15) is 0 Å². The zero-order chi connectivity index (χ0) is 19.8. The summed E-state index contributed by atoms with van der Waals surface area (Å²) in [7, 11) is 0. The molecular formula is C18H15BiO6Se3. The van der Waals surface area contributed by atoms with Crippen molar-refractivity contribution in [2.75, 3.05) is 0 Å². The van der Waals surface area contributed by atoms with Gasteiger partial charge in [-0.05, 0) is 0 Å². The first kappa shape index (κ1) is 22.0. The van der Waals surface area contributed by atoms with Crippen LogP contribution in [0.3, 0.4) is 0 Å². The van der Waals surface area contributed by atoms with Crippen molar-refractivity contribution >= 4 is 85.9 Å². The SMILES string of the molecule is O=C([O][Bi]([O]C(=O)C1C=CC=C[Se]1)[O]C(=O)C1C=CC=C[Se]1)C1C=CC=C[Se]1. The van der Waals surface area contributed by atoms with Gasteiger partial charge in [-0.15, -0.1) is 0 Å². The molecule has 3 aliphatic rings. The molecule has 0 bridgehead atoms. The number of hydrogen-bond donors (Lipinski definition) is 0. The fourth-order valence-electron chi connectivity index (χ4n) is 1.99. The van der Waals surface area contributed by atoms with E-state index in [4.69, 9.17) is 8.44 Å². The van der Waals surface area contributed by atoms with Gasteiger partial charge < -0.3 is 0 Å². The zero-order valence-corrected chi connectivity index (χ0v) is 22.9. The Balaban J connectivity index is 1.64. The summed E-state index contributed by atoms with van der Waals surface area (Å²) < 4.78 is 16.4. The Bertz CT molecular complexity index is 697. The molecule has 0 saturated carbocycles. The van der Waals surface area contributed by atoms with Gasteiger partial charge >= 0.3 is 193 Å². The van der Waals surface area contributed by atoms with Crippen molar-refractivity contribution < 1.29 is 22.8 Å². The second-order valence-corrected chi connectivity index (χ2v) is 15.8. The summed E-state index contributed by atoms with van der Waals surface area (Å²) >= 11 is -4.29. The van der Waals surface area contributed by atoms with E-state index in [-0.39, 0.29) is 44.9 Å². The van der Waals surface area contributed by atoms with Crippen molar-refractivity contribution in [2.45, 2.75) is 14.4 Å². The van der Waals surface area contributed by atoms with Gasteiger partial charge in [-0.1, -0.05) is 0 Å². The minimum absolute atomic E-state index is 0.0741. The van der Waals surface area contributed by atoms with Gasteiger partial charge in [-0.25, -0.2) is 0 Å². The van der Waals surface area contributed by atoms with Crippen LogP contribution in [0.1, 0.15) is 0 Å². The quantitative estimate of drug-likeness (QED) is 0.380. The van der Waals surface area contributed by atoms with Gasteiger partial charge in [0.2, 0.25) is 0 Å². The van der Waals surface area contributed by atoms with Crippen molar-refractivity contribution in [3.8, 4) is 0 Å². The predicted octanol–water partition coefficient (Wildman–Crippen LogP) is 1.33. The Labute approximate surface area is 191 Å². The van der Waals surface area contributed by atoms with Crippen molar-refractivity contribution in [1.82, 2.24) is 0 Å². The van der Waals surface area contributed by atoms with Gasteiger partial charge in [0.25, 0.3) is 0 Å². The van der Waals surface area contributed by atoms with Crippen LogP contribution in [0.2, 0.25) is 14.4 Å². The predicted molar refractivity (Wildman–Crippen MR) is 107 cm³/mol. The van der Waals surface area contributed by atoms with Crippen LogP contribution in [0.4, 0.5) is 0 Å². The van der Waals surface area contributed by atoms with Crippen LogP contribution in [-0.4, -0.2) is 85.9 Å². The standard InChI is InChI=1S/3C6H6O2Se.Bi/c3*7-6(8)5-3-1-2-4-9-5;/h3*1-5H,(H,7,8);/q;;;+3/p-3. The Kier molecular flexibility index (Phi) is 9.01. The third-order valence-electron chi connectivity index (χ3n) is 3.29. The molecule has 0 aliphatic carbocycles. The van der Waals surface area contributed by atoms with Crippen molar-refractivity contribution in [2.24, 2.45) is 0 Å². The molecule has 6 nitrogen and oxygen atoms in total. The van der Waals surface area contributed by atoms with E-state index in [1.165, 1.54) is 0 Å². The molecule has 28 heavy (non-hydrogen) atoms. The molecular weight excluding hydrogens is 758 g/mol. The monoisotopic (exact) mass is 776 g/mol. The first-order valence-electron chi connectivity index (χ1n) is 8.05. The molecule has 3 aliphatic heterocycles. The van der Waals surface area contributed by atoms with E-state index in [0.29, 0.717) is 0 Å². The maximum atomic E-state index is 12.5. The molecule has 0 fully saturated rings. The Hall–Kier alpha value is -0.708. The number of carbonyl (C=O) groups is 3. The molecule has 3 rings (SSSR count). The number of rotatable bonds is 6. The summed E-state index contributed by atoms with van der Waals surface area (Å²) in [5, 5.41) is 0. The first-order chi connectivity index (χ1) is 13.6. The molecule has 3 atom stereocenters. The van der Waals surface area contributed by atoms with Crippen LogP contribution in [0, 0.1) is 0 Å². The Morgan fingerprint density at radius 1 is 0.571 bits per heavy atom.